The molecule has 0 amide bonds. The Morgan fingerprint density at radius 2 is 1.90 bits per heavy atom. The van der Waals surface area contributed by atoms with Crippen LogP contribution in [0.2, 0.25) is 0 Å². The third-order valence-corrected chi connectivity index (χ3v) is 3.44. The van der Waals surface area contributed by atoms with Gasteiger partial charge in [-0.15, -0.1) is 0 Å². The highest BCUT2D eigenvalue weighted by molar-refractivity contribution is 5.56. The summed E-state index contributed by atoms with van der Waals surface area (Å²) in [6.07, 6.45) is 3.79. The Morgan fingerprint density at radius 1 is 1.20 bits per heavy atom. The number of rotatable bonds is 9. The predicted molar refractivity (Wildman–Crippen MR) is 82.5 cm³/mol. The predicted octanol–water partition coefficient (Wildman–Crippen LogP) is 1.84. The number of nitrogens with one attached hydrogen (secondary N) is 2. The molecule has 0 fully saturated rings. The SMILES string of the molecule is CCCC(CCO)CNc1nc(CC)nc(NN)c1C. The van der Waals surface area contributed by atoms with Gasteiger partial charge in [-0.05, 0) is 25.7 Å². The summed E-state index contributed by atoms with van der Waals surface area (Å²) in [6.45, 7) is 7.15. The van der Waals surface area contributed by atoms with Gasteiger partial charge in [0.05, 0.1) is 0 Å². The van der Waals surface area contributed by atoms with Crippen LogP contribution in [0, 0.1) is 12.8 Å². The van der Waals surface area contributed by atoms with Crippen molar-refractivity contribution in [1.82, 2.24) is 9.97 Å². The lowest BCUT2D eigenvalue weighted by Gasteiger charge is -2.18. The molecule has 0 bridgehead atoms. The molecule has 20 heavy (non-hydrogen) atoms. The smallest absolute Gasteiger partial charge is 0.148 e. The summed E-state index contributed by atoms with van der Waals surface area (Å²) in [4.78, 5) is 8.85. The van der Waals surface area contributed by atoms with Crippen LogP contribution in [0.15, 0.2) is 0 Å². The second kappa shape index (κ2) is 8.71. The summed E-state index contributed by atoms with van der Waals surface area (Å²) >= 11 is 0. The van der Waals surface area contributed by atoms with Crippen LogP contribution in [0.4, 0.5) is 11.6 Å². The van der Waals surface area contributed by atoms with Crippen molar-refractivity contribution in [3.05, 3.63) is 11.4 Å². The van der Waals surface area contributed by atoms with Crippen LogP contribution in [0.5, 0.6) is 0 Å². The second-order valence-corrected chi connectivity index (χ2v) is 5.01. The number of hydrogen-bond donors (Lipinski definition) is 4. The van der Waals surface area contributed by atoms with Gasteiger partial charge in [0, 0.05) is 25.1 Å². The molecule has 1 rings (SSSR count). The van der Waals surface area contributed by atoms with Gasteiger partial charge in [0.15, 0.2) is 0 Å². The molecule has 0 aliphatic rings. The van der Waals surface area contributed by atoms with Crippen molar-refractivity contribution in [2.24, 2.45) is 11.8 Å². The van der Waals surface area contributed by atoms with E-state index in [4.69, 9.17) is 10.9 Å². The summed E-state index contributed by atoms with van der Waals surface area (Å²) in [5, 5.41) is 12.5. The lowest BCUT2D eigenvalue weighted by atomic mass is 10.0. The van der Waals surface area contributed by atoms with Crippen molar-refractivity contribution in [2.45, 2.75) is 46.5 Å². The third-order valence-electron chi connectivity index (χ3n) is 3.44. The average Bonchev–Trinajstić information content (AvgIpc) is 2.46. The third kappa shape index (κ3) is 4.61. The van der Waals surface area contributed by atoms with Gasteiger partial charge in [-0.2, -0.15) is 0 Å². The first-order valence-corrected chi connectivity index (χ1v) is 7.35. The summed E-state index contributed by atoms with van der Waals surface area (Å²) < 4.78 is 0. The molecule has 0 saturated heterocycles. The van der Waals surface area contributed by atoms with Crippen molar-refractivity contribution in [2.75, 3.05) is 23.9 Å². The molecule has 1 heterocycles. The van der Waals surface area contributed by atoms with Crippen LogP contribution >= 0.6 is 0 Å². The first kappa shape index (κ1) is 16.7. The van der Waals surface area contributed by atoms with E-state index in [9.17, 15) is 0 Å². The van der Waals surface area contributed by atoms with Crippen molar-refractivity contribution < 1.29 is 5.11 Å². The van der Waals surface area contributed by atoms with E-state index in [1.807, 2.05) is 13.8 Å². The summed E-state index contributed by atoms with van der Waals surface area (Å²) in [6, 6.07) is 0. The summed E-state index contributed by atoms with van der Waals surface area (Å²) in [7, 11) is 0. The minimum absolute atomic E-state index is 0.227. The van der Waals surface area contributed by atoms with E-state index in [2.05, 4.69) is 27.6 Å². The van der Waals surface area contributed by atoms with Crippen LogP contribution in [-0.4, -0.2) is 28.2 Å². The van der Waals surface area contributed by atoms with Gasteiger partial charge in [0.25, 0.3) is 0 Å². The molecule has 0 aliphatic heterocycles. The largest absolute Gasteiger partial charge is 0.396 e. The maximum atomic E-state index is 9.10. The van der Waals surface area contributed by atoms with Gasteiger partial charge in [0.1, 0.15) is 17.5 Å². The maximum absolute atomic E-state index is 9.10. The number of hydrogen-bond acceptors (Lipinski definition) is 6. The number of aryl methyl sites for hydroxylation is 1. The molecule has 1 unspecified atom stereocenters. The van der Waals surface area contributed by atoms with Crippen molar-refractivity contribution in [1.29, 1.82) is 0 Å². The molecule has 1 aromatic rings. The minimum atomic E-state index is 0.227. The fourth-order valence-electron chi connectivity index (χ4n) is 2.21. The molecule has 114 valence electrons. The molecule has 1 atom stereocenters. The number of nitrogen functional groups attached to an aromatic ring is 1. The van der Waals surface area contributed by atoms with E-state index >= 15 is 0 Å². The zero-order chi connectivity index (χ0) is 15.0. The number of nitrogens with two attached hydrogens (primary N) is 1. The maximum Gasteiger partial charge on any atom is 0.148 e. The first-order valence-electron chi connectivity index (χ1n) is 7.35. The van der Waals surface area contributed by atoms with E-state index < -0.39 is 0 Å². The number of nitrogens with zero attached hydrogens (tertiary/aromatic N) is 2. The van der Waals surface area contributed by atoms with Crippen molar-refractivity contribution >= 4 is 11.6 Å². The Hall–Kier alpha value is -1.40. The van der Waals surface area contributed by atoms with Gasteiger partial charge >= 0.3 is 0 Å². The van der Waals surface area contributed by atoms with Crippen LogP contribution < -0.4 is 16.6 Å². The Morgan fingerprint density at radius 3 is 2.45 bits per heavy atom. The van der Waals surface area contributed by atoms with Crippen LogP contribution in [0.3, 0.4) is 0 Å². The minimum Gasteiger partial charge on any atom is -0.396 e. The number of aromatic nitrogens is 2. The Balaban J connectivity index is 2.79. The molecule has 5 N–H and O–H groups in total. The lowest BCUT2D eigenvalue weighted by molar-refractivity contribution is 0.255. The average molecular weight is 281 g/mol. The molecule has 6 heteroatoms. The van der Waals surface area contributed by atoms with E-state index in [-0.39, 0.29) is 6.61 Å². The molecule has 6 nitrogen and oxygen atoms in total. The van der Waals surface area contributed by atoms with Crippen LogP contribution in [0.1, 0.15) is 44.5 Å². The quantitative estimate of drug-likeness (QED) is 0.407. The normalized spacial score (nSPS) is 12.2. The Labute approximate surface area is 121 Å². The van der Waals surface area contributed by atoms with Crippen LogP contribution in [-0.2, 0) is 6.42 Å². The van der Waals surface area contributed by atoms with E-state index in [0.717, 1.165) is 49.4 Å². The highest BCUT2D eigenvalue weighted by Crippen LogP contribution is 2.20. The molecule has 0 saturated carbocycles. The highest BCUT2D eigenvalue weighted by atomic mass is 16.3. The van der Waals surface area contributed by atoms with E-state index in [1.165, 1.54) is 0 Å². The summed E-state index contributed by atoms with van der Waals surface area (Å²) in [5.74, 6) is 8.20. The van der Waals surface area contributed by atoms with Gasteiger partial charge < -0.3 is 15.8 Å². The zero-order valence-electron chi connectivity index (χ0n) is 12.7. The van der Waals surface area contributed by atoms with Crippen molar-refractivity contribution in [3.63, 3.8) is 0 Å². The first-order chi connectivity index (χ1) is 9.65. The van der Waals surface area contributed by atoms with Gasteiger partial charge in [-0.1, -0.05) is 20.3 Å². The number of aliphatic hydroxyl groups excluding tert-OH is 1. The molecular weight excluding hydrogens is 254 g/mol. The van der Waals surface area contributed by atoms with Crippen LogP contribution in [0.25, 0.3) is 0 Å². The fraction of sp³-hybridized carbons (Fsp3) is 0.714. The fourth-order valence-corrected chi connectivity index (χ4v) is 2.21. The second-order valence-electron chi connectivity index (χ2n) is 5.01. The van der Waals surface area contributed by atoms with E-state index in [1.54, 1.807) is 0 Å². The molecule has 0 aliphatic carbocycles. The number of aliphatic hydroxyl groups is 1. The number of hydrazine groups is 1. The molecular formula is C14H27N5O. The van der Waals surface area contributed by atoms with Gasteiger partial charge in [-0.25, -0.2) is 15.8 Å². The molecule has 0 aromatic carbocycles. The zero-order valence-corrected chi connectivity index (χ0v) is 12.7. The van der Waals surface area contributed by atoms with E-state index in [0.29, 0.717) is 11.7 Å². The molecule has 0 radical (unpaired) electrons. The van der Waals surface area contributed by atoms with Crippen molar-refractivity contribution in [3.8, 4) is 0 Å². The lowest BCUT2D eigenvalue weighted by Crippen LogP contribution is -2.19. The molecule has 1 aromatic heterocycles. The Kier molecular flexibility index (Phi) is 7.25. The standard InChI is InChI=1S/C14H27N5O/c1-4-6-11(7-8-20)9-16-13-10(3)14(19-15)18-12(5-2)17-13/h11,20H,4-9,15H2,1-3H3,(H2,16,17,18,19). The Bertz CT molecular complexity index is 405. The van der Waals surface area contributed by atoms with Gasteiger partial charge in [-0.3, -0.25) is 0 Å². The summed E-state index contributed by atoms with van der Waals surface area (Å²) in [5.41, 5.74) is 3.54. The molecule has 0 spiro atoms. The monoisotopic (exact) mass is 281 g/mol. The van der Waals surface area contributed by atoms with Gasteiger partial charge in [0.2, 0.25) is 0 Å². The topological polar surface area (TPSA) is 96.1 Å². The number of anilines is 2. The highest BCUT2D eigenvalue weighted by Gasteiger charge is 2.12.